The largest absolute Gasteiger partial charge is 0.481 e. The molecule has 0 fully saturated rings. The molecule has 0 unspecified atom stereocenters. The van der Waals surface area contributed by atoms with E-state index >= 15 is 0 Å². The Morgan fingerprint density at radius 3 is 2.28 bits per heavy atom. The Morgan fingerprint density at radius 2 is 1.69 bits per heavy atom. The number of hydrogen-bond donors (Lipinski definition) is 2. The molecule has 2 heterocycles. The lowest BCUT2D eigenvalue weighted by atomic mass is 9.86. The molecule has 0 saturated heterocycles. The smallest absolute Gasteiger partial charge is 0.433 e. The lowest BCUT2D eigenvalue weighted by molar-refractivity contribution is -0.141. The third kappa shape index (κ3) is 3.51. The van der Waals surface area contributed by atoms with Crippen LogP contribution in [0.3, 0.4) is 0 Å². The molecule has 4 rings (SSSR count). The van der Waals surface area contributed by atoms with E-state index in [1.54, 1.807) is 13.8 Å². The number of nitrogens with one attached hydrogen (secondary N) is 1. The first-order valence-corrected chi connectivity index (χ1v) is 9.84. The molecule has 0 spiro atoms. The third-order valence-electron chi connectivity index (χ3n) is 5.70. The van der Waals surface area contributed by atoms with Gasteiger partial charge in [0, 0.05) is 5.39 Å². The summed E-state index contributed by atoms with van der Waals surface area (Å²) >= 11 is 0. The van der Waals surface area contributed by atoms with Crippen molar-refractivity contribution in [3.05, 3.63) is 74.7 Å². The van der Waals surface area contributed by atoms with E-state index in [-0.39, 0.29) is 17.3 Å². The molecular weight excluding hydrogens is 421 g/mol. The fraction of sp³-hybridized carbons (Fsp3) is 0.208. The minimum absolute atomic E-state index is 0.0360. The molecule has 0 aliphatic rings. The topological polar surface area (TPSA) is 83.0 Å². The van der Waals surface area contributed by atoms with Gasteiger partial charge in [-0.3, -0.25) is 9.59 Å². The standard InChI is InChI=1S/C24H19F3N2O3/c1-11-4-6-14(7-5-11)19-13(3)20-21(12(2)16(19)10-18(30)31)29-23(32)15-8-9-17(24(25,26)27)28-22(15)20/h4-9H,10H2,1-3H3,(H,29,32)(H,30,31). The summed E-state index contributed by atoms with van der Waals surface area (Å²) in [4.78, 5) is 30.8. The molecule has 0 aliphatic carbocycles. The van der Waals surface area contributed by atoms with Gasteiger partial charge in [-0.05, 0) is 60.7 Å². The predicted molar refractivity (Wildman–Crippen MR) is 116 cm³/mol. The van der Waals surface area contributed by atoms with E-state index in [2.05, 4.69) is 9.97 Å². The van der Waals surface area contributed by atoms with Crippen LogP contribution in [0, 0.1) is 20.8 Å². The molecule has 0 aliphatic heterocycles. The number of aromatic amines is 1. The molecule has 32 heavy (non-hydrogen) atoms. The van der Waals surface area contributed by atoms with Crippen LogP contribution < -0.4 is 5.56 Å². The van der Waals surface area contributed by atoms with E-state index in [1.165, 1.54) is 0 Å². The van der Waals surface area contributed by atoms with Crippen molar-refractivity contribution in [2.45, 2.75) is 33.4 Å². The first-order chi connectivity index (χ1) is 15.0. The molecule has 0 radical (unpaired) electrons. The Bertz CT molecular complexity index is 1450. The normalized spacial score (nSPS) is 11.9. The summed E-state index contributed by atoms with van der Waals surface area (Å²) in [5.74, 6) is -1.05. The van der Waals surface area contributed by atoms with Crippen molar-refractivity contribution in [3.8, 4) is 11.1 Å². The molecule has 0 bridgehead atoms. The zero-order valence-corrected chi connectivity index (χ0v) is 17.5. The molecule has 0 atom stereocenters. The minimum atomic E-state index is -4.67. The van der Waals surface area contributed by atoms with Crippen molar-refractivity contribution < 1.29 is 23.1 Å². The Morgan fingerprint density at radius 1 is 1.03 bits per heavy atom. The number of hydrogen-bond acceptors (Lipinski definition) is 3. The average Bonchev–Trinajstić information content (AvgIpc) is 2.71. The van der Waals surface area contributed by atoms with Crippen LogP contribution in [0.25, 0.3) is 32.9 Å². The first-order valence-electron chi connectivity index (χ1n) is 9.84. The van der Waals surface area contributed by atoms with Crippen molar-refractivity contribution in [2.75, 3.05) is 0 Å². The molecule has 2 N–H and O–H groups in total. The summed E-state index contributed by atoms with van der Waals surface area (Å²) in [6.07, 6.45) is -4.98. The second kappa shape index (κ2) is 7.47. The molecule has 0 amide bonds. The lowest BCUT2D eigenvalue weighted by Gasteiger charge is -2.20. The molecule has 0 saturated carbocycles. The molecule has 164 valence electrons. The van der Waals surface area contributed by atoms with Crippen LogP contribution in [0.4, 0.5) is 13.2 Å². The number of carboxylic acids is 1. The molecule has 4 aromatic rings. The highest BCUT2D eigenvalue weighted by Gasteiger charge is 2.33. The van der Waals surface area contributed by atoms with Crippen LogP contribution in [-0.2, 0) is 17.4 Å². The first kappa shape index (κ1) is 21.5. The fourth-order valence-electron chi connectivity index (χ4n) is 4.17. The van der Waals surface area contributed by atoms with Crippen molar-refractivity contribution in [1.29, 1.82) is 0 Å². The number of halogens is 3. The monoisotopic (exact) mass is 440 g/mol. The van der Waals surface area contributed by atoms with Crippen LogP contribution in [0.1, 0.15) is 27.9 Å². The Balaban J connectivity index is 2.23. The summed E-state index contributed by atoms with van der Waals surface area (Å²) in [5.41, 5.74) is 2.45. The number of rotatable bonds is 3. The number of alkyl halides is 3. The molecular formula is C24H19F3N2O3. The number of carboxylic acid groups (broad SMARTS) is 1. The number of carbonyl (C=O) groups is 1. The van der Waals surface area contributed by atoms with Gasteiger partial charge in [0.2, 0.25) is 0 Å². The molecule has 8 heteroatoms. The highest BCUT2D eigenvalue weighted by Crippen LogP contribution is 2.39. The zero-order valence-electron chi connectivity index (χ0n) is 17.5. The van der Waals surface area contributed by atoms with E-state index in [4.69, 9.17) is 0 Å². The third-order valence-corrected chi connectivity index (χ3v) is 5.70. The number of pyridine rings is 2. The number of aromatic nitrogens is 2. The van der Waals surface area contributed by atoms with Gasteiger partial charge in [0.05, 0.1) is 22.8 Å². The van der Waals surface area contributed by atoms with Gasteiger partial charge in [-0.25, -0.2) is 4.98 Å². The second-order valence-electron chi connectivity index (χ2n) is 7.83. The van der Waals surface area contributed by atoms with Crippen LogP contribution in [-0.4, -0.2) is 21.0 Å². The number of aryl methyl sites for hydroxylation is 3. The highest BCUT2D eigenvalue weighted by molar-refractivity contribution is 6.09. The van der Waals surface area contributed by atoms with Crippen molar-refractivity contribution >= 4 is 27.8 Å². The van der Waals surface area contributed by atoms with E-state index in [0.29, 0.717) is 33.2 Å². The van der Waals surface area contributed by atoms with Crippen LogP contribution in [0.2, 0.25) is 0 Å². The second-order valence-corrected chi connectivity index (χ2v) is 7.83. The predicted octanol–water partition coefficient (Wildman–Crippen LogP) is 5.31. The highest BCUT2D eigenvalue weighted by atomic mass is 19.4. The van der Waals surface area contributed by atoms with E-state index in [9.17, 15) is 27.9 Å². The van der Waals surface area contributed by atoms with Crippen LogP contribution in [0.15, 0.2) is 41.2 Å². The van der Waals surface area contributed by atoms with Crippen LogP contribution >= 0.6 is 0 Å². The van der Waals surface area contributed by atoms with Crippen LogP contribution in [0.5, 0.6) is 0 Å². The number of nitrogens with zero attached hydrogens (tertiary/aromatic N) is 1. The average molecular weight is 440 g/mol. The van der Waals surface area contributed by atoms with Crippen molar-refractivity contribution in [3.63, 3.8) is 0 Å². The number of benzene rings is 2. The maximum atomic E-state index is 13.4. The minimum Gasteiger partial charge on any atom is -0.481 e. The van der Waals surface area contributed by atoms with Gasteiger partial charge < -0.3 is 10.1 Å². The van der Waals surface area contributed by atoms with Gasteiger partial charge in [-0.2, -0.15) is 13.2 Å². The fourth-order valence-corrected chi connectivity index (χ4v) is 4.17. The Hall–Kier alpha value is -3.68. The van der Waals surface area contributed by atoms with Crippen molar-refractivity contribution in [1.82, 2.24) is 9.97 Å². The Labute approximate surface area is 180 Å². The van der Waals surface area contributed by atoms with E-state index in [0.717, 1.165) is 23.3 Å². The lowest BCUT2D eigenvalue weighted by Crippen LogP contribution is -2.14. The van der Waals surface area contributed by atoms with Gasteiger partial charge in [0.1, 0.15) is 5.69 Å². The van der Waals surface area contributed by atoms with Gasteiger partial charge in [0.15, 0.2) is 0 Å². The number of aliphatic carboxylic acids is 1. The Kier molecular flexibility index (Phi) is 5.03. The SMILES string of the molecule is Cc1ccc(-c2c(CC(=O)O)c(C)c3[nH]c(=O)c4ccc(C(F)(F)F)nc4c3c2C)cc1. The molecule has 2 aromatic heterocycles. The zero-order chi connectivity index (χ0) is 23.4. The summed E-state index contributed by atoms with van der Waals surface area (Å²) in [7, 11) is 0. The summed E-state index contributed by atoms with van der Waals surface area (Å²) in [6.45, 7) is 5.29. The van der Waals surface area contributed by atoms with Gasteiger partial charge in [-0.1, -0.05) is 29.8 Å². The van der Waals surface area contributed by atoms with E-state index < -0.39 is 23.4 Å². The van der Waals surface area contributed by atoms with Gasteiger partial charge >= 0.3 is 12.1 Å². The molecule has 2 aromatic carbocycles. The summed E-state index contributed by atoms with van der Waals surface area (Å²) in [6, 6.07) is 9.35. The maximum absolute atomic E-state index is 13.4. The summed E-state index contributed by atoms with van der Waals surface area (Å²) < 4.78 is 40.1. The number of H-pyrrole nitrogens is 1. The van der Waals surface area contributed by atoms with E-state index in [1.807, 2.05) is 31.2 Å². The quantitative estimate of drug-likeness (QED) is 0.423. The summed E-state index contributed by atoms with van der Waals surface area (Å²) in [5, 5.41) is 9.92. The van der Waals surface area contributed by atoms with Gasteiger partial charge in [0.25, 0.3) is 5.56 Å². The molecule has 5 nitrogen and oxygen atoms in total. The van der Waals surface area contributed by atoms with Crippen molar-refractivity contribution in [2.24, 2.45) is 0 Å². The number of fused-ring (bicyclic) bond motifs is 3. The maximum Gasteiger partial charge on any atom is 0.433 e. The van der Waals surface area contributed by atoms with Gasteiger partial charge in [-0.15, -0.1) is 0 Å².